The number of rotatable bonds is 1. The van der Waals surface area contributed by atoms with Crippen LogP contribution in [0, 0.1) is 0 Å². The summed E-state index contributed by atoms with van der Waals surface area (Å²) < 4.78 is 1.25. The van der Waals surface area contributed by atoms with Crippen LogP contribution in [0.2, 0.25) is 44.0 Å². The summed E-state index contributed by atoms with van der Waals surface area (Å²) in [4.78, 5) is 14.0. The van der Waals surface area contributed by atoms with E-state index in [1.165, 1.54) is 4.13 Å². The number of hydrogen-bond acceptors (Lipinski definition) is 0. The van der Waals surface area contributed by atoms with Crippen LogP contribution in [0.3, 0.4) is 0 Å². The molecule has 1 spiro atoms. The van der Waals surface area contributed by atoms with E-state index in [-0.39, 0.29) is 0 Å². The van der Waals surface area contributed by atoms with Gasteiger partial charge in [-0.15, -0.1) is 0 Å². The monoisotopic (exact) mass is 248 g/mol. The van der Waals surface area contributed by atoms with Crippen molar-refractivity contribution in [3.05, 3.63) is 0 Å². The normalized spacial score (nSPS) is 143. The molecule has 0 amide bonds. The Balaban J connectivity index is 1.94. The topological polar surface area (TPSA) is 0 Å². The van der Waals surface area contributed by atoms with Gasteiger partial charge in [-0.3, -0.25) is 0 Å². The molecule has 4 atom stereocenters. The van der Waals surface area contributed by atoms with Crippen molar-refractivity contribution < 1.29 is 6.23 Å². The van der Waals surface area contributed by atoms with Gasteiger partial charge in [0.25, 0.3) is 0 Å². The molecule has 10 fully saturated rings. The van der Waals surface area contributed by atoms with Crippen molar-refractivity contribution >= 4 is 7.92 Å². The van der Waals surface area contributed by atoms with Crippen molar-refractivity contribution in [2.75, 3.05) is 13.3 Å². The van der Waals surface area contributed by atoms with Crippen LogP contribution in [0.5, 0.6) is 0 Å². The predicted octanol–water partition coefficient (Wildman–Crippen LogP) is 4.02. The van der Waals surface area contributed by atoms with E-state index in [1.807, 2.05) is 0 Å². The first kappa shape index (κ1) is 5.05. The zero-order valence-corrected chi connectivity index (χ0v) is 10.3. The Morgan fingerprint density at radius 2 is 1.21 bits per heavy atom. The molecule has 14 heavy (non-hydrogen) atoms. The summed E-state index contributed by atoms with van der Waals surface area (Å²) in [6, 6.07) is 0. The van der Waals surface area contributed by atoms with Crippen LogP contribution in [-0.4, -0.2) is 17.5 Å². The van der Waals surface area contributed by atoms with Gasteiger partial charge in [-0.05, 0) is 0 Å². The van der Waals surface area contributed by atoms with E-state index in [4.69, 9.17) is 0 Å². The average Bonchev–Trinajstić information content (AvgIpc) is 3.13. The van der Waals surface area contributed by atoms with Gasteiger partial charge in [-0.1, -0.05) is 0 Å². The van der Waals surface area contributed by atoms with E-state index in [1.54, 1.807) is 44.0 Å². The number of hydrogen-bond donors (Lipinski definition) is 0. The van der Waals surface area contributed by atoms with Crippen LogP contribution in [0.25, 0.3) is 0 Å². The Labute approximate surface area is 75.7 Å². The Bertz CT molecular complexity index is 800. The van der Waals surface area contributed by atoms with Gasteiger partial charge in [0.15, 0.2) is 0 Å². The predicted molar refractivity (Wildman–Crippen MR) is 55.2 cm³/mol. The van der Waals surface area contributed by atoms with E-state index in [0.29, 0.717) is 7.92 Å². The summed E-state index contributed by atoms with van der Waals surface area (Å²) >= 11 is 0. The van der Waals surface area contributed by atoms with Crippen LogP contribution in [0.1, 0.15) is 0 Å². The molecule has 0 saturated carbocycles. The minimum atomic E-state index is -2.37. The first-order chi connectivity index (χ1) is 6.49. The fourth-order valence-electron chi connectivity index (χ4n) is 15.4. The molecule has 78 valence electrons. The summed E-state index contributed by atoms with van der Waals surface area (Å²) in [5, 5.41) is 0. The van der Waals surface area contributed by atoms with Gasteiger partial charge >= 0.3 is 75.6 Å². The van der Waals surface area contributed by atoms with E-state index in [0.717, 1.165) is 0 Å². The molecule has 10 rings (SSSR count). The second kappa shape index (κ2) is 0.346. The van der Waals surface area contributed by atoms with Gasteiger partial charge in [0.1, 0.15) is 0 Å². The van der Waals surface area contributed by atoms with E-state index in [9.17, 15) is 0 Å². The molecule has 0 N–H and O–H groups in total. The van der Waals surface area contributed by atoms with Crippen LogP contribution in [0.15, 0.2) is 0 Å². The summed E-state index contributed by atoms with van der Waals surface area (Å²) in [5.74, 6) is 0. The second-order valence-electron chi connectivity index (χ2n) is 9.74. The van der Waals surface area contributed by atoms with E-state index < -0.39 is 6.23 Å². The van der Waals surface area contributed by atoms with E-state index >= 15 is 0 Å². The molecule has 0 aliphatic carbocycles. The first-order valence-electron chi connectivity index (χ1n) is 6.16. The third kappa shape index (κ3) is 0.0380. The molecule has 0 aromatic heterocycles. The van der Waals surface area contributed by atoms with Crippen molar-refractivity contribution in [1.82, 2.24) is 0 Å². The molecule has 10 heterocycles. The molecule has 0 radical (unpaired) electrons. The van der Waals surface area contributed by atoms with Crippen molar-refractivity contribution in [3.8, 4) is 0 Å². The fraction of sp³-hybridized carbons (Fsp3) is 1.00. The van der Waals surface area contributed by atoms with Gasteiger partial charge in [0, 0.05) is 0 Å². The third-order valence-electron chi connectivity index (χ3n) is 13.8. The molecule has 10 aliphatic heterocycles. The van der Waals surface area contributed by atoms with Gasteiger partial charge in [-0.25, -0.2) is 0 Å². The maximum atomic E-state index is 2.69. The fourth-order valence-corrected chi connectivity index (χ4v) is 94.7. The Hall–Kier alpha value is 0.924. The molecule has 0 bridgehead atoms. The van der Waals surface area contributed by atoms with Gasteiger partial charge in [0.2, 0.25) is 0 Å². The van der Waals surface area contributed by atoms with Crippen molar-refractivity contribution in [1.29, 1.82) is 0 Å². The Morgan fingerprint density at radius 3 is 1.29 bits per heavy atom. The SMILES string of the molecule is CP(C)[C]12[CH]3[CH]4[CH]5[CH]1[Ni]45321678[CH]2[CH]1[CH]6[CH]7[CH]28. The van der Waals surface area contributed by atoms with Crippen LogP contribution >= 0.6 is 7.92 Å². The maximum absolute atomic E-state index is 2.69. The average molecular weight is 249 g/mol. The second-order valence-corrected chi connectivity index (χ2v) is 33.7. The summed E-state index contributed by atoms with van der Waals surface area (Å²) in [6.45, 7) is 5.38. The molecule has 0 nitrogen and oxygen atoms in total. The first-order valence-corrected chi connectivity index (χ1v) is 14.0. The molecular formula is C12H15NiP. The third-order valence-corrected chi connectivity index (χ3v) is 57.9. The molecule has 0 aromatic rings. The summed E-state index contributed by atoms with van der Waals surface area (Å²) in [6.07, 6.45) is -2.37. The van der Waals surface area contributed by atoms with Crippen molar-refractivity contribution in [3.63, 3.8) is 0 Å². The van der Waals surface area contributed by atoms with Gasteiger partial charge < -0.3 is 0 Å². The summed E-state index contributed by atoms with van der Waals surface area (Å²) in [5.41, 5.74) is 0. The van der Waals surface area contributed by atoms with Crippen molar-refractivity contribution in [2.24, 2.45) is 0 Å². The van der Waals surface area contributed by atoms with Crippen LogP contribution in [0.4, 0.5) is 0 Å². The Kier molecular flexibility index (Phi) is 0.125. The molecule has 10 saturated heterocycles. The molecule has 4 unspecified atom stereocenters. The van der Waals surface area contributed by atoms with E-state index in [2.05, 4.69) is 13.3 Å². The quantitative estimate of drug-likeness (QED) is 0.486. The van der Waals surface area contributed by atoms with Crippen LogP contribution < -0.4 is 0 Å². The van der Waals surface area contributed by atoms with Crippen molar-refractivity contribution in [2.45, 2.75) is 48.1 Å². The summed E-state index contributed by atoms with van der Waals surface area (Å²) in [7, 11) is 0.477. The standard InChI is InChI=1S/C7H10P.C5H5.Ni/c1-8(2)7-5-3-4-6-7;1-2-4-5-3-1;/h3-6H,1-2H3;1-5H;. The van der Waals surface area contributed by atoms with Gasteiger partial charge in [-0.2, -0.15) is 0 Å². The van der Waals surface area contributed by atoms with Crippen LogP contribution in [-0.2, 0) is 6.23 Å². The molecule has 10 aliphatic rings. The zero-order valence-electron chi connectivity index (χ0n) is 8.46. The molecular weight excluding hydrogens is 234 g/mol. The Morgan fingerprint density at radius 1 is 0.786 bits per heavy atom. The zero-order chi connectivity index (χ0) is 8.59. The number of fused-ring (bicyclic) bond motifs is 10. The van der Waals surface area contributed by atoms with Gasteiger partial charge in [0.05, 0.1) is 0 Å². The minimum absolute atomic E-state index is 0.477. The molecule has 0 aromatic carbocycles. The molecule has 2 heteroatoms.